The number of urea groups is 1. The minimum atomic E-state index is -3.74. The first-order valence-corrected chi connectivity index (χ1v) is 5.26. The van der Waals surface area contributed by atoms with E-state index in [9.17, 15) is 14.2 Å². The molecule has 8 nitrogen and oxygen atoms in total. The normalized spacial score (nSPS) is 10.9. The van der Waals surface area contributed by atoms with E-state index in [2.05, 4.69) is 9.05 Å². The first-order chi connectivity index (χ1) is 6.80. The Morgan fingerprint density at radius 3 is 1.87 bits per heavy atom. The van der Waals surface area contributed by atoms with Crippen molar-refractivity contribution in [2.75, 3.05) is 28.3 Å². The van der Waals surface area contributed by atoms with Crippen LogP contribution >= 0.6 is 7.75 Å². The van der Waals surface area contributed by atoms with Gasteiger partial charge in [-0.2, -0.15) is 0 Å². The second-order valence-corrected chi connectivity index (χ2v) is 4.75. The van der Waals surface area contributed by atoms with Gasteiger partial charge in [0.1, 0.15) is 0 Å². The lowest BCUT2D eigenvalue weighted by Crippen LogP contribution is -2.40. The summed E-state index contributed by atoms with van der Waals surface area (Å²) >= 11 is 0. The van der Waals surface area contributed by atoms with E-state index in [0.29, 0.717) is 9.57 Å². The number of nitrogens with zero attached hydrogens (tertiary/aromatic N) is 2. The SMILES string of the molecule is COP(=O)(OC)N(C)C(=O)N(C)C(=O)O. The lowest BCUT2D eigenvalue weighted by atomic mass is 10.8. The fourth-order valence-electron chi connectivity index (χ4n) is 0.723. The van der Waals surface area contributed by atoms with Gasteiger partial charge in [-0.05, 0) is 0 Å². The summed E-state index contributed by atoms with van der Waals surface area (Å²) in [5.41, 5.74) is 0. The highest BCUT2D eigenvalue weighted by molar-refractivity contribution is 7.52. The molecule has 3 amide bonds. The highest BCUT2D eigenvalue weighted by atomic mass is 31.2. The van der Waals surface area contributed by atoms with Crippen LogP contribution in [0.4, 0.5) is 9.59 Å². The molecule has 88 valence electrons. The van der Waals surface area contributed by atoms with Gasteiger partial charge in [-0.15, -0.1) is 0 Å². The third-order valence-corrected chi connectivity index (χ3v) is 3.51. The van der Waals surface area contributed by atoms with Gasteiger partial charge in [0.2, 0.25) is 0 Å². The maximum absolute atomic E-state index is 11.7. The van der Waals surface area contributed by atoms with Crippen molar-refractivity contribution >= 4 is 19.9 Å². The van der Waals surface area contributed by atoms with Crippen LogP contribution in [0.3, 0.4) is 0 Å². The summed E-state index contributed by atoms with van der Waals surface area (Å²) in [6.07, 6.45) is -1.47. The van der Waals surface area contributed by atoms with E-state index in [4.69, 9.17) is 5.11 Å². The van der Waals surface area contributed by atoms with Crippen molar-refractivity contribution in [3.8, 4) is 0 Å². The van der Waals surface area contributed by atoms with Crippen LogP contribution in [0.15, 0.2) is 0 Å². The summed E-state index contributed by atoms with van der Waals surface area (Å²) < 4.78 is 21.3. The Morgan fingerprint density at radius 1 is 1.20 bits per heavy atom. The van der Waals surface area contributed by atoms with E-state index in [-0.39, 0.29) is 0 Å². The molecule has 0 aliphatic rings. The zero-order valence-electron chi connectivity index (χ0n) is 8.83. The molecule has 0 atom stereocenters. The van der Waals surface area contributed by atoms with Crippen molar-refractivity contribution < 1.29 is 28.3 Å². The number of hydrogen-bond donors (Lipinski definition) is 1. The predicted molar refractivity (Wildman–Crippen MR) is 50.6 cm³/mol. The largest absolute Gasteiger partial charge is 0.465 e. The summed E-state index contributed by atoms with van der Waals surface area (Å²) in [6, 6.07) is -1.01. The highest BCUT2D eigenvalue weighted by Crippen LogP contribution is 2.49. The Kier molecular flexibility index (Phi) is 4.73. The number of carbonyl (C=O) groups is 2. The van der Waals surface area contributed by atoms with Gasteiger partial charge in [0.05, 0.1) is 0 Å². The molecule has 0 aliphatic heterocycles. The third kappa shape index (κ3) is 2.92. The molecule has 15 heavy (non-hydrogen) atoms. The Labute approximate surface area is 86.9 Å². The maximum atomic E-state index is 11.7. The monoisotopic (exact) mass is 240 g/mol. The summed E-state index contributed by atoms with van der Waals surface area (Å²) in [5.74, 6) is 0. The van der Waals surface area contributed by atoms with Gasteiger partial charge in [-0.1, -0.05) is 0 Å². The molecular weight excluding hydrogens is 227 g/mol. The third-order valence-electron chi connectivity index (χ3n) is 1.68. The minimum Gasteiger partial charge on any atom is -0.465 e. The number of imide groups is 1. The van der Waals surface area contributed by atoms with Crippen LogP contribution in [0.25, 0.3) is 0 Å². The first kappa shape index (κ1) is 13.9. The van der Waals surface area contributed by atoms with Gasteiger partial charge in [-0.3, -0.25) is 9.05 Å². The molecule has 0 fully saturated rings. The zero-order chi connectivity index (χ0) is 12.2. The van der Waals surface area contributed by atoms with Gasteiger partial charge in [0.25, 0.3) is 0 Å². The predicted octanol–water partition coefficient (Wildman–Crippen LogP) is 1.05. The average Bonchev–Trinajstić information content (AvgIpc) is 2.24. The molecule has 0 aromatic rings. The van der Waals surface area contributed by atoms with E-state index >= 15 is 0 Å². The van der Waals surface area contributed by atoms with Crippen molar-refractivity contribution in [2.24, 2.45) is 0 Å². The Morgan fingerprint density at radius 2 is 1.60 bits per heavy atom. The molecule has 0 saturated heterocycles. The lowest BCUT2D eigenvalue weighted by Gasteiger charge is -2.26. The van der Waals surface area contributed by atoms with Crippen molar-refractivity contribution in [1.82, 2.24) is 9.57 Å². The second-order valence-electron chi connectivity index (χ2n) is 2.48. The van der Waals surface area contributed by atoms with Crippen LogP contribution in [-0.4, -0.2) is 55.1 Å². The first-order valence-electron chi connectivity index (χ1n) is 3.76. The molecule has 0 spiro atoms. The van der Waals surface area contributed by atoms with E-state index in [1.807, 2.05) is 0 Å². The van der Waals surface area contributed by atoms with Gasteiger partial charge in [0.15, 0.2) is 0 Å². The molecule has 0 aliphatic carbocycles. The molecule has 0 bridgehead atoms. The van der Waals surface area contributed by atoms with Crippen LogP contribution in [-0.2, 0) is 13.6 Å². The number of carbonyl (C=O) groups excluding carboxylic acids is 1. The number of amides is 3. The fourth-order valence-corrected chi connectivity index (χ4v) is 1.71. The Balaban J connectivity index is 4.86. The van der Waals surface area contributed by atoms with E-state index in [1.165, 1.54) is 0 Å². The standard InChI is InChI=1S/C6H13N2O6P/c1-7(6(10)11)5(9)8(2)15(12,13-3)14-4/h1-4H3,(H,10,11). The smallest absolute Gasteiger partial charge is 0.438 e. The summed E-state index contributed by atoms with van der Waals surface area (Å²) in [5, 5.41) is 8.52. The molecule has 0 aromatic carbocycles. The zero-order valence-corrected chi connectivity index (χ0v) is 9.72. The fraction of sp³-hybridized carbons (Fsp3) is 0.667. The maximum Gasteiger partial charge on any atom is 0.438 e. The quantitative estimate of drug-likeness (QED) is 0.740. The number of rotatable bonds is 3. The summed E-state index contributed by atoms with van der Waals surface area (Å²) in [6.45, 7) is 0. The van der Waals surface area contributed by atoms with Gasteiger partial charge < -0.3 is 5.11 Å². The molecule has 0 aromatic heterocycles. The van der Waals surface area contributed by atoms with Crippen molar-refractivity contribution in [2.45, 2.75) is 0 Å². The van der Waals surface area contributed by atoms with Crippen molar-refractivity contribution in [3.05, 3.63) is 0 Å². The lowest BCUT2D eigenvalue weighted by molar-refractivity contribution is 0.144. The number of carboxylic acid groups (broad SMARTS) is 1. The van der Waals surface area contributed by atoms with Crippen molar-refractivity contribution in [3.63, 3.8) is 0 Å². The molecule has 0 rings (SSSR count). The number of hydrogen-bond acceptors (Lipinski definition) is 5. The van der Waals surface area contributed by atoms with E-state index < -0.39 is 19.9 Å². The Bertz CT molecular complexity index is 298. The molecule has 0 heterocycles. The van der Waals surface area contributed by atoms with Gasteiger partial charge in [0, 0.05) is 28.3 Å². The van der Waals surface area contributed by atoms with E-state index in [0.717, 1.165) is 28.3 Å². The topological polar surface area (TPSA) is 96.4 Å². The Hall–Kier alpha value is -1.11. The summed E-state index contributed by atoms with van der Waals surface area (Å²) in [4.78, 5) is 22.2. The van der Waals surface area contributed by atoms with Gasteiger partial charge in [-0.25, -0.2) is 23.7 Å². The van der Waals surface area contributed by atoms with Crippen LogP contribution in [0.2, 0.25) is 0 Å². The average molecular weight is 240 g/mol. The molecule has 9 heteroatoms. The van der Waals surface area contributed by atoms with Gasteiger partial charge >= 0.3 is 19.9 Å². The molecular formula is C6H13N2O6P. The molecule has 1 N–H and O–H groups in total. The molecule has 0 radical (unpaired) electrons. The van der Waals surface area contributed by atoms with Crippen molar-refractivity contribution in [1.29, 1.82) is 0 Å². The second kappa shape index (κ2) is 5.11. The highest BCUT2D eigenvalue weighted by Gasteiger charge is 2.35. The van der Waals surface area contributed by atoms with Crippen LogP contribution in [0, 0.1) is 0 Å². The molecule has 0 unspecified atom stereocenters. The van der Waals surface area contributed by atoms with E-state index in [1.54, 1.807) is 0 Å². The van der Waals surface area contributed by atoms with Crippen LogP contribution in [0.5, 0.6) is 0 Å². The minimum absolute atomic E-state index is 0.366. The van der Waals surface area contributed by atoms with Crippen LogP contribution in [0.1, 0.15) is 0 Å². The summed E-state index contributed by atoms with van der Waals surface area (Å²) in [7, 11) is 0.586. The van der Waals surface area contributed by atoms with Crippen LogP contribution < -0.4 is 0 Å². The molecule has 0 saturated carbocycles.